The molecular formula is C12H8Cl3N5. The molecule has 0 saturated carbocycles. The number of hydrogen-bond acceptors (Lipinski definition) is 4. The molecular weight excluding hydrogens is 321 g/mol. The van der Waals surface area contributed by atoms with Crippen molar-refractivity contribution >= 4 is 57.7 Å². The average Bonchev–Trinajstić information content (AvgIpc) is 2.69. The molecule has 1 aromatic carbocycles. The summed E-state index contributed by atoms with van der Waals surface area (Å²) in [4.78, 5) is 15.7. The largest absolute Gasteiger partial charge is 0.324 e. The van der Waals surface area contributed by atoms with Gasteiger partial charge in [0.15, 0.2) is 0 Å². The average molecular weight is 329 g/mol. The number of rotatable bonds is 2. The van der Waals surface area contributed by atoms with Gasteiger partial charge < -0.3 is 4.98 Å². The Kier molecular flexibility index (Phi) is 3.41. The van der Waals surface area contributed by atoms with E-state index in [1.165, 1.54) is 0 Å². The lowest BCUT2D eigenvalue weighted by atomic mass is 10.3. The first-order chi connectivity index (χ1) is 9.51. The Bertz CT molecular complexity index is 740. The minimum atomic E-state index is 0.363. The molecule has 2 aromatic heterocycles. The van der Waals surface area contributed by atoms with Crippen LogP contribution in [0.3, 0.4) is 0 Å². The molecule has 0 aliphatic rings. The second kappa shape index (κ2) is 5.09. The highest BCUT2D eigenvalue weighted by molar-refractivity contribution is 6.42. The molecule has 0 saturated heterocycles. The maximum Gasteiger partial charge on any atom is 0.231 e. The van der Waals surface area contributed by atoms with Crippen LogP contribution in [0.25, 0.3) is 11.0 Å². The number of nitrogens with zero attached hydrogens (tertiary/aromatic N) is 3. The lowest BCUT2D eigenvalue weighted by Gasteiger charge is -2.02. The van der Waals surface area contributed by atoms with Crippen molar-refractivity contribution in [1.82, 2.24) is 19.9 Å². The molecule has 0 amide bonds. The van der Waals surface area contributed by atoms with Gasteiger partial charge in [0.05, 0.1) is 21.1 Å². The van der Waals surface area contributed by atoms with Crippen molar-refractivity contribution in [2.45, 2.75) is 6.92 Å². The minimum Gasteiger partial charge on any atom is -0.324 e. The van der Waals surface area contributed by atoms with E-state index in [1.807, 2.05) is 6.92 Å². The fourth-order valence-electron chi connectivity index (χ4n) is 1.76. The summed E-state index contributed by atoms with van der Waals surface area (Å²) in [7, 11) is 0. The third-order valence-electron chi connectivity index (χ3n) is 2.58. The number of aromatic nitrogens is 4. The standard InChI is InChI=1S/C12H8Cl3N5/c1-5-2-10(15)19-11(16-5)20-12-17-8-3-6(13)7(14)4-9(8)18-12/h2-4H,1H3,(H2,16,17,18,19,20). The highest BCUT2D eigenvalue weighted by Crippen LogP contribution is 2.27. The number of fused-ring (bicyclic) bond motifs is 1. The molecule has 2 N–H and O–H groups in total. The van der Waals surface area contributed by atoms with E-state index in [4.69, 9.17) is 34.8 Å². The van der Waals surface area contributed by atoms with Crippen LogP contribution in [0.2, 0.25) is 15.2 Å². The lowest BCUT2D eigenvalue weighted by Crippen LogP contribution is -1.99. The highest BCUT2D eigenvalue weighted by Gasteiger charge is 2.08. The fraction of sp³-hybridized carbons (Fsp3) is 0.0833. The van der Waals surface area contributed by atoms with Crippen LogP contribution < -0.4 is 5.32 Å². The van der Waals surface area contributed by atoms with Gasteiger partial charge >= 0.3 is 0 Å². The van der Waals surface area contributed by atoms with E-state index in [0.29, 0.717) is 32.6 Å². The van der Waals surface area contributed by atoms with Gasteiger partial charge in [0.2, 0.25) is 11.9 Å². The van der Waals surface area contributed by atoms with Crippen LogP contribution in [-0.4, -0.2) is 19.9 Å². The Morgan fingerprint density at radius 3 is 2.50 bits per heavy atom. The minimum absolute atomic E-state index is 0.363. The molecule has 8 heteroatoms. The number of anilines is 2. The van der Waals surface area contributed by atoms with Crippen LogP contribution in [0.5, 0.6) is 0 Å². The second-order valence-electron chi connectivity index (χ2n) is 4.15. The molecule has 0 fully saturated rings. The summed E-state index contributed by atoms with van der Waals surface area (Å²) < 4.78 is 0. The molecule has 3 aromatic rings. The first kappa shape index (κ1) is 13.4. The van der Waals surface area contributed by atoms with Gasteiger partial charge in [-0.25, -0.2) is 15.0 Å². The molecule has 2 heterocycles. The fourth-order valence-corrected chi connectivity index (χ4v) is 2.32. The number of aromatic amines is 1. The Hall–Kier alpha value is -1.56. The number of hydrogen-bond donors (Lipinski definition) is 2. The number of imidazole rings is 1. The molecule has 0 atom stereocenters. The van der Waals surface area contributed by atoms with Gasteiger partial charge in [-0.3, -0.25) is 5.32 Å². The molecule has 20 heavy (non-hydrogen) atoms. The SMILES string of the molecule is Cc1cc(Cl)nc(Nc2nc3cc(Cl)c(Cl)cc3[nH]2)n1. The van der Waals surface area contributed by atoms with E-state index in [0.717, 1.165) is 11.2 Å². The van der Waals surface area contributed by atoms with Crippen LogP contribution in [0.15, 0.2) is 18.2 Å². The number of H-pyrrole nitrogens is 1. The number of nitrogens with one attached hydrogen (secondary N) is 2. The molecule has 0 aliphatic heterocycles. The van der Waals surface area contributed by atoms with Gasteiger partial charge in [0, 0.05) is 5.69 Å². The topological polar surface area (TPSA) is 66.5 Å². The number of aryl methyl sites for hydroxylation is 1. The maximum atomic E-state index is 5.96. The van der Waals surface area contributed by atoms with Crippen molar-refractivity contribution in [3.63, 3.8) is 0 Å². The van der Waals surface area contributed by atoms with Gasteiger partial charge in [-0.2, -0.15) is 0 Å². The third-order valence-corrected chi connectivity index (χ3v) is 3.49. The van der Waals surface area contributed by atoms with Gasteiger partial charge in [0.1, 0.15) is 5.15 Å². The van der Waals surface area contributed by atoms with Gasteiger partial charge in [-0.15, -0.1) is 0 Å². The van der Waals surface area contributed by atoms with E-state index < -0.39 is 0 Å². The predicted octanol–water partition coefficient (Wildman–Crippen LogP) is 4.37. The maximum absolute atomic E-state index is 5.96. The lowest BCUT2D eigenvalue weighted by molar-refractivity contribution is 1.09. The van der Waals surface area contributed by atoms with Crippen LogP contribution in [0, 0.1) is 6.92 Å². The zero-order chi connectivity index (χ0) is 14.3. The first-order valence-electron chi connectivity index (χ1n) is 5.64. The Morgan fingerprint density at radius 1 is 1.00 bits per heavy atom. The van der Waals surface area contributed by atoms with Gasteiger partial charge in [0.25, 0.3) is 0 Å². The normalized spacial score (nSPS) is 11.0. The number of halogens is 3. The summed E-state index contributed by atoms with van der Waals surface area (Å²) in [5, 5.41) is 4.23. The van der Waals surface area contributed by atoms with Crippen LogP contribution in [-0.2, 0) is 0 Å². The Morgan fingerprint density at radius 2 is 1.75 bits per heavy atom. The molecule has 102 valence electrons. The zero-order valence-corrected chi connectivity index (χ0v) is 12.5. The summed E-state index contributed by atoms with van der Waals surface area (Å²) in [5.41, 5.74) is 2.22. The van der Waals surface area contributed by atoms with Gasteiger partial charge in [-0.1, -0.05) is 34.8 Å². The van der Waals surface area contributed by atoms with Crippen molar-refractivity contribution < 1.29 is 0 Å². The van der Waals surface area contributed by atoms with Crippen molar-refractivity contribution in [3.8, 4) is 0 Å². The van der Waals surface area contributed by atoms with E-state index in [9.17, 15) is 0 Å². The summed E-state index contributed by atoms with van der Waals surface area (Å²) in [6.45, 7) is 1.83. The molecule has 0 spiro atoms. The van der Waals surface area contributed by atoms with E-state index in [1.54, 1.807) is 18.2 Å². The molecule has 3 rings (SSSR count). The van der Waals surface area contributed by atoms with Crippen LogP contribution in [0.4, 0.5) is 11.9 Å². The van der Waals surface area contributed by atoms with Crippen LogP contribution in [0.1, 0.15) is 5.69 Å². The first-order valence-corrected chi connectivity index (χ1v) is 6.77. The monoisotopic (exact) mass is 327 g/mol. The summed E-state index contributed by atoms with van der Waals surface area (Å²) >= 11 is 17.8. The highest BCUT2D eigenvalue weighted by atomic mass is 35.5. The smallest absolute Gasteiger partial charge is 0.231 e. The Labute approximate surface area is 129 Å². The molecule has 0 unspecified atom stereocenters. The quantitative estimate of drug-likeness (QED) is 0.686. The van der Waals surface area contributed by atoms with E-state index >= 15 is 0 Å². The van der Waals surface area contributed by atoms with Crippen molar-refractivity contribution in [1.29, 1.82) is 0 Å². The summed E-state index contributed by atoms with van der Waals surface area (Å²) in [5.74, 6) is 0.853. The Balaban J connectivity index is 1.98. The van der Waals surface area contributed by atoms with E-state index in [2.05, 4.69) is 25.3 Å². The molecule has 0 aliphatic carbocycles. The van der Waals surface area contributed by atoms with Crippen molar-refractivity contribution in [2.24, 2.45) is 0 Å². The van der Waals surface area contributed by atoms with Gasteiger partial charge in [-0.05, 0) is 25.1 Å². The molecule has 0 bridgehead atoms. The number of benzene rings is 1. The predicted molar refractivity (Wildman–Crippen MR) is 81.2 cm³/mol. The summed E-state index contributed by atoms with van der Waals surface area (Å²) in [6.07, 6.45) is 0. The van der Waals surface area contributed by atoms with Crippen molar-refractivity contribution in [3.05, 3.63) is 39.1 Å². The van der Waals surface area contributed by atoms with E-state index in [-0.39, 0.29) is 0 Å². The zero-order valence-electron chi connectivity index (χ0n) is 10.2. The molecule has 5 nitrogen and oxygen atoms in total. The second-order valence-corrected chi connectivity index (χ2v) is 5.35. The molecule has 0 radical (unpaired) electrons. The van der Waals surface area contributed by atoms with Crippen molar-refractivity contribution in [2.75, 3.05) is 5.32 Å². The van der Waals surface area contributed by atoms with Crippen LogP contribution >= 0.6 is 34.8 Å². The third kappa shape index (κ3) is 2.65. The summed E-state index contributed by atoms with van der Waals surface area (Å²) in [6, 6.07) is 5.07.